The summed E-state index contributed by atoms with van der Waals surface area (Å²) in [5, 5.41) is 0. The van der Waals surface area contributed by atoms with Crippen molar-refractivity contribution in [2.24, 2.45) is 11.7 Å². The number of halogens is 1. The molecule has 3 heteroatoms. The van der Waals surface area contributed by atoms with Crippen molar-refractivity contribution in [3.63, 3.8) is 0 Å². The molecule has 15 heavy (non-hydrogen) atoms. The minimum Gasteiger partial charge on any atom is -0.328 e. The normalized spacial score (nSPS) is 25.7. The van der Waals surface area contributed by atoms with Crippen molar-refractivity contribution in [1.29, 1.82) is 0 Å². The standard InChI is InChI=1S/C12H16FNS/c13-10-2-5-12(6-3-10)15-8-9-1-4-11(14)7-9/h2-3,5-6,9,11H,1,4,7-8,14H2/t9-,11+/m1/s1. The van der Waals surface area contributed by atoms with Gasteiger partial charge in [-0.3, -0.25) is 0 Å². The Labute approximate surface area is 94.2 Å². The molecule has 1 aliphatic rings. The van der Waals surface area contributed by atoms with E-state index in [1.54, 1.807) is 11.8 Å². The van der Waals surface area contributed by atoms with Crippen LogP contribution in [0.2, 0.25) is 0 Å². The van der Waals surface area contributed by atoms with E-state index in [0.717, 1.165) is 29.4 Å². The molecule has 2 rings (SSSR count). The molecule has 0 aromatic heterocycles. The predicted octanol–water partition coefficient (Wildman–Crippen LogP) is 3.05. The van der Waals surface area contributed by atoms with Crippen molar-refractivity contribution < 1.29 is 4.39 Å². The molecule has 0 heterocycles. The van der Waals surface area contributed by atoms with Crippen LogP contribution in [0.3, 0.4) is 0 Å². The maximum atomic E-state index is 12.7. The van der Waals surface area contributed by atoms with Gasteiger partial charge in [-0.2, -0.15) is 0 Å². The number of hydrogen-bond donors (Lipinski definition) is 1. The summed E-state index contributed by atoms with van der Waals surface area (Å²) in [4.78, 5) is 1.15. The molecule has 1 saturated carbocycles. The number of nitrogens with two attached hydrogens (primary N) is 1. The van der Waals surface area contributed by atoms with Gasteiger partial charge in [0.25, 0.3) is 0 Å². The quantitative estimate of drug-likeness (QED) is 0.800. The molecule has 1 nitrogen and oxygen atoms in total. The van der Waals surface area contributed by atoms with Crippen LogP contribution in [0, 0.1) is 11.7 Å². The highest BCUT2D eigenvalue weighted by atomic mass is 32.2. The third-order valence-corrected chi connectivity index (χ3v) is 4.12. The first-order valence-electron chi connectivity index (χ1n) is 5.38. The van der Waals surface area contributed by atoms with Gasteiger partial charge in [-0.15, -0.1) is 11.8 Å². The largest absolute Gasteiger partial charge is 0.328 e. The lowest BCUT2D eigenvalue weighted by Crippen LogP contribution is -2.15. The highest BCUT2D eigenvalue weighted by Gasteiger charge is 2.21. The smallest absolute Gasteiger partial charge is 0.123 e. The molecule has 0 saturated heterocycles. The van der Waals surface area contributed by atoms with Crippen molar-refractivity contribution in [2.45, 2.75) is 30.2 Å². The van der Waals surface area contributed by atoms with Gasteiger partial charge >= 0.3 is 0 Å². The molecule has 2 N–H and O–H groups in total. The Morgan fingerprint density at radius 3 is 2.60 bits per heavy atom. The Balaban J connectivity index is 1.80. The summed E-state index contributed by atoms with van der Waals surface area (Å²) in [6, 6.07) is 7.12. The van der Waals surface area contributed by atoms with E-state index < -0.39 is 0 Å². The lowest BCUT2D eigenvalue weighted by molar-refractivity contribution is 0.603. The van der Waals surface area contributed by atoms with Gasteiger partial charge in [-0.05, 0) is 49.4 Å². The molecule has 0 radical (unpaired) electrons. The van der Waals surface area contributed by atoms with Gasteiger partial charge in [0.15, 0.2) is 0 Å². The SMILES string of the molecule is N[C@H]1CC[C@@H](CSc2ccc(F)cc2)C1. The van der Waals surface area contributed by atoms with Crippen LogP contribution in [0.1, 0.15) is 19.3 Å². The fraction of sp³-hybridized carbons (Fsp3) is 0.500. The van der Waals surface area contributed by atoms with Gasteiger partial charge in [-0.1, -0.05) is 0 Å². The van der Waals surface area contributed by atoms with E-state index in [-0.39, 0.29) is 5.82 Å². The van der Waals surface area contributed by atoms with Crippen LogP contribution < -0.4 is 5.73 Å². The zero-order valence-electron chi connectivity index (χ0n) is 8.66. The van der Waals surface area contributed by atoms with E-state index in [9.17, 15) is 4.39 Å². The zero-order chi connectivity index (χ0) is 10.7. The van der Waals surface area contributed by atoms with Crippen molar-refractivity contribution in [3.8, 4) is 0 Å². The molecule has 0 bridgehead atoms. The van der Waals surface area contributed by atoms with E-state index in [1.165, 1.54) is 18.6 Å². The molecular weight excluding hydrogens is 209 g/mol. The fourth-order valence-corrected chi connectivity index (χ4v) is 3.07. The first-order chi connectivity index (χ1) is 7.24. The summed E-state index contributed by atoms with van der Waals surface area (Å²) in [6.45, 7) is 0. The molecule has 1 fully saturated rings. The van der Waals surface area contributed by atoms with Crippen molar-refractivity contribution in [1.82, 2.24) is 0 Å². The number of hydrogen-bond acceptors (Lipinski definition) is 2. The summed E-state index contributed by atoms with van der Waals surface area (Å²) in [5.41, 5.74) is 5.86. The van der Waals surface area contributed by atoms with Gasteiger partial charge in [0, 0.05) is 16.7 Å². The number of rotatable bonds is 3. The highest BCUT2D eigenvalue weighted by molar-refractivity contribution is 7.99. The van der Waals surface area contributed by atoms with Gasteiger partial charge in [0.05, 0.1) is 0 Å². The summed E-state index contributed by atoms with van der Waals surface area (Å²) >= 11 is 1.81. The minimum atomic E-state index is -0.165. The van der Waals surface area contributed by atoms with Crippen LogP contribution in [-0.4, -0.2) is 11.8 Å². The van der Waals surface area contributed by atoms with Crippen molar-refractivity contribution >= 4 is 11.8 Å². The Bertz CT molecular complexity index is 312. The van der Waals surface area contributed by atoms with Crippen LogP contribution in [0.4, 0.5) is 4.39 Å². The lowest BCUT2D eigenvalue weighted by atomic mass is 10.1. The second kappa shape index (κ2) is 4.99. The summed E-state index contributed by atoms with van der Waals surface area (Å²) in [6.07, 6.45) is 3.55. The summed E-state index contributed by atoms with van der Waals surface area (Å²) in [7, 11) is 0. The molecule has 0 spiro atoms. The van der Waals surface area contributed by atoms with E-state index in [1.807, 2.05) is 12.1 Å². The fourth-order valence-electron chi connectivity index (χ4n) is 2.01. The Hall–Kier alpha value is -0.540. The monoisotopic (exact) mass is 225 g/mol. The van der Waals surface area contributed by atoms with E-state index in [0.29, 0.717) is 6.04 Å². The topological polar surface area (TPSA) is 26.0 Å². The molecule has 1 aromatic rings. The van der Waals surface area contributed by atoms with Crippen LogP contribution >= 0.6 is 11.8 Å². The molecule has 1 aliphatic carbocycles. The van der Waals surface area contributed by atoms with Crippen LogP contribution in [0.15, 0.2) is 29.2 Å². The third kappa shape index (κ3) is 3.21. The van der Waals surface area contributed by atoms with Crippen LogP contribution in [-0.2, 0) is 0 Å². The van der Waals surface area contributed by atoms with Crippen molar-refractivity contribution in [3.05, 3.63) is 30.1 Å². The Morgan fingerprint density at radius 1 is 1.27 bits per heavy atom. The number of thioether (sulfide) groups is 1. The molecule has 82 valence electrons. The molecule has 0 aliphatic heterocycles. The molecule has 0 unspecified atom stereocenters. The van der Waals surface area contributed by atoms with E-state index in [2.05, 4.69) is 0 Å². The molecule has 2 atom stereocenters. The third-order valence-electron chi connectivity index (χ3n) is 2.88. The maximum Gasteiger partial charge on any atom is 0.123 e. The number of benzene rings is 1. The molecular formula is C12H16FNS. The summed E-state index contributed by atoms with van der Waals surface area (Å²) in [5.74, 6) is 1.69. The second-order valence-corrected chi connectivity index (χ2v) is 5.30. The van der Waals surface area contributed by atoms with Gasteiger partial charge < -0.3 is 5.73 Å². The van der Waals surface area contributed by atoms with Crippen LogP contribution in [0.25, 0.3) is 0 Å². The minimum absolute atomic E-state index is 0.165. The zero-order valence-corrected chi connectivity index (χ0v) is 9.47. The lowest BCUT2D eigenvalue weighted by Gasteiger charge is -2.08. The van der Waals surface area contributed by atoms with Gasteiger partial charge in [0.1, 0.15) is 5.82 Å². The first kappa shape index (κ1) is 11.0. The average molecular weight is 225 g/mol. The van der Waals surface area contributed by atoms with Gasteiger partial charge in [-0.25, -0.2) is 4.39 Å². The summed E-state index contributed by atoms with van der Waals surface area (Å²) < 4.78 is 12.7. The molecule has 0 amide bonds. The Morgan fingerprint density at radius 2 is 2.00 bits per heavy atom. The maximum absolute atomic E-state index is 12.7. The second-order valence-electron chi connectivity index (χ2n) is 4.20. The van der Waals surface area contributed by atoms with Gasteiger partial charge in [0.2, 0.25) is 0 Å². The highest BCUT2D eigenvalue weighted by Crippen LogP contribution is 2.30. The van der Waals surface area contributed by atoms with E-state index in [4.69, 9.17) is 5.73 Å². The Kier molecular flexibility index (Phi) is 3.65. The van der Waals surface area contributed by atoms with E-state index >= 15 is 0 Å². The average Bonchev–Trinajstić information content (AvgIpc) is 2.64. The predicted molar refractivity (Wildman–Crippen MR) is 62.4 cm³/mol. The van der Waals surface area contributed by atoms with Crippen molar-refractivity contribution in [2.75, 3.05) is 5.75 Å². The molecule has 1 aromatic carbocycles. The first-order valence-corrected chi connectivity index (χ1v) is 6.36. The van der Waals surface area contributed by atoms with Crippen LogP contribution in [0.5, 0.6) is 0 Å².